The number of hydrogen-bond donors (Lipinski definition) is 3. The van der Waals surface area contributed by atoms with Crippen molar-refractivity contribution >= 4 is 23.2 Å². The molecule has 2 atom stereocenters. The fourth-order valence-corrected chi connectivity index (χ4v) is 4.65. The Hall–Kier alpha value is -3.88. The van der Waals surface area contributed by atoms with Crippen LogP contribution in [-0.2, 0) is 0 Å². The number of aromatic carboxylic acids is 1. The normalized spacial score (nSPS) is 20.1. The molecule has 2 bridgehead atoms. The van der Waals surface area contributed by atoms with Gasteiger partial charge in [0, 0.05) is 30.7 Å². The Balaban J connectivity index is 1.41. The zero-order valence-corrected chi connectivity index (χ0v) is 16.7. The number of aromatic hydroxyl groups is 1. The lowest BCUT2D eigenvalue weighted by atomic mass is 10.1. The summed E-state index contributed by atoms with van der Waals surface area (Å²) < 4.78 is 0. The number of aromatic nitrogens is 3. The van der Waals surface area contributed by atoms with Crippen molar-refractivity contribution in [2.24, 2.45) is 0 Å². The molecule has 1 aromatic carbocycles. The van der Waals surface area contributed by atoms with E-state index < -0.39 is 5.97 Å². The molecular formula is C22H22N6O3. The van der Waals surface area contributed by atoms with Gasteiger partial charge in [-0.05, 0) is 43.2 Å². The van der Waals surface area contributed by atoms with E-state index in [0.29, 0.717) is 17.1 Å². The number of benzene rings is 1. The van der Waals surface area contributed by atoms with Crippen LogP contribution in [0.1, 0.15) is 23.3 Å². The van der Waals surface area contributed by atoms with Gasteiger partial charge in [-0.3, -0.25) is 0 Å². The summed E-state index contributed by atoms with van der Waals surface area (Å²) in [5, 5.41) is 27.6. The molecule has 0 spiro atoms. The van der Waals surface area contributed by atoms with Crippen molar-refractivity contribution < 1.29 is 15.0 Å². The Morgan fingerprint density at radius 1 is 1.06 bits per heavy atom. The molecule has 9 nitrogen and oxygen atoms in total. The van der Waals surface area contributed by atoms with Gasteiger partial charge in [-0.15, -0.1) is 10.2 Å². The molecule has 0 radical (unpaired) electrons. The maximum absolute atomic E-state index is 11.1. The molecule has 9 heteroatoms. The highest BCUT2D eigenvalue weighted by molar-refractivity contribution is 5.85. The lowest BCUT2D eigenvalue weighted by molar-refractivity contribution is 0.0690. The third-order valence-electron chi connectivity index (χ3n) is 6.07. The second-order valence-corrected chi connectivity index (χ2v) is 7.92. The number of carbonyl (C=O) groups is 1. The average molecular weight is 418 g/mol. The summed E-state index contributed by atoms with van der Waals surface area (Å²) in [6.07, 6.45) is 3.71. The number of piperazine rings is 1. The Kier molecular flexibility index (Phi) is 4.58. The SMILES string of the molecule is Nc1nnc(-c2ccccc2O)cc1N1C[C@H]2CC[C@@H](C1)N2c1ccc(C(=O)O)nc1. The predicted molar refractivity (Wildman–Crippen MR) is 116 cm³/mol. The zero-order chi connectivity index (χ0) is 21.5. The van der Waals surface area contributed by atoms with Gasteiger partial charge in [-0.2, -0.15) is 0 Å². The van der Waals surface area contributed by atoms with Gasteiger partial charge in [0.2, 0.25) is 0 Å². The molecule has 4 N–H and O–H groups in total. The molecule has 5 rings (SSSR count). The Labute approximate surface area is 178 Å². The third kappa shape index (κ3) is 3.37. The average Bonchev–Trinajstić information content (AvgIpc) is 3.04. The Morgan fingerprint density at radius 3 is 2.45 bits per heavy atom. The summed E-state index contributed by atoms with van der Waals surface area (Å²) in [6, 6.07) is 12.8. The van der Waals surface area contributed by atoms with Crippen LogP contribution in [0.3, 0.4) is 0 Å². The molecule has 0 saturated carbocycles. The van der Waals surface area contributed by atoms with Crippen molar-refractivity contribution in [3.05, 3.63) is 54.4 Å². The number of pyridine rings is 1. The van der Waals surface area contributed by atoms with Crippen LogP contribution in [0.4, 0.5) is 17.2 Å². The Bertz CT molecular complexity index is 1120. The van der Waals surface area contributed by atoms with Gasteiger partial charge >= 0.3 is 5.97 Å². The number of anilines is 3. The van der Waals surface area contributed by atoms with Crippen LogP contribution in [0, 0.1) is 0 Å². The van der Waals surface area contributed by atoms with Crippen LogP contribution < -0.4 is 15.5 Å². The van der Waals surface area contributed by atoms with E-state index in [2.05, 4.69) is 25.0 Å². The van der Waals surface area contributed by atoms with Crippen LogP contribution in [-0.4, -0.2) is 56.5 Å². The van der Waals surface area contributed by atoms with Gasteiger partial charge in [0.25, 0.3) is 0 Å². The highest BCUT2D eigenvalue weighted by Gasteiger charge is 2.40. The molecular weight excluding hydrogens is 396 g/mol. The van der Waals surface area contributed by atoms with Crippen LogP contribution in [0.15, 0.2) is 48.7 Å². The summed E-state index contributed by atoms with van der Waals surface area (Å²) in [5.41, 5.74) is 9.16. The second-order valence-electron chi connectivity index (χ2n) is 7.92. The number of nitrogens with zero attached hydrogens (tertiary/aromatic N) is 5. The lowest BCUT2D eigenvalue weighted by Crippen LogP contribution is -2.54. The molecule has 2 aromatic heterocycles. The molecule has 2 aliphatic heterocycles. The van der Waals surface area contributed by atoms with E-state index in [1.165, 1.54) is 0 Å². The molecule has 2 aliphatic rings. The van der Waals surface area contributed by atoms with Crippen molar-refractivity contribution in [2.45, 2.75) is 24.9 Å². The van der Waals surface area contributed by atoms with Crippen molar-refractivity contribution in [3.63, 3.8) is 0 Å². The largest absolute Gasteiger partial charge is 0.507 e. The summed E-state index contributed by atoms with van der Waals surface area (Å²) in [7, 11) is 0. The topological polar surface area (TPSA) is 129 Å². The van der Waals surface area contributed by atoms with E-state index in [1.807, 2.05) is 18.2 Å². The quantitative estimate of drug-likeness (QED) is 0.585. The van der Waals surface area contributed by atoms with E-state index in [-0.39, 0.29) is 23.5 Å². The summed E-state index contributed by atoms with van der Waals surface area (Å²) >= 11 is 0. The maximum Gasteiger partial charge on any atom is 0.354 e. The first-order valence-corrected chi connectivity index (χ1v) is 10.2. The number of para-hydroxylation sites is 1. The van der Waals surface area contributed by atoms with Gasteiger partial charge < -0.3 is 25.7 Å². The molecule has 158 valence electrons. The van der Waals surface area contributed by atoms with Crippen molar-refractivity contribution in [3.8, 4) is 17.0 Å². The monoisotopic (exact) mass is 418 g/mol. The first-order valence-electron chi connectivity index (χ1n) is 10.2. The van der Waals surface area contributed by atoms with Gasteiger partial charge in [0.1, 0.15) is 11.4 Å². The van der Waals surface area contributed by atoms with E-state index in [4.69, 9.17) is 10.8 Å². The molecule has 4 heterocycles. The number of carboxylic acids is 1. The van der Waals surface area contributed by atoms with Crippen LogP contribution in [0.25, 0.3) is 11.3 Å². The molecule has 2 saturated heterocycles. The molecule has 0 amide bonds. The number of phenols is 1. The molecule has 0 unspecified atom stereocenters. The smallest absolute Gasteiger partial charge is 0.354 e. The second kappa shape index (κ2) is 7.42. The van der Waals surface area contributed by atoms with Gasteiger partial charge in [-0.25, -0.2) is 9.78 Å². The maximum atomic E-state index is 11.1. The number of phenolic OH excluding ortho intramolecular Hbond substituents is 1. The molecule has 2 fully saturated rings. The molecule has 0 aliphatic carbocycles. The fourth-order valence-electron chi connectivity index (χ4n) is 4.65. The molecule has 31 heavy (non-hydrogen) atoms. The zero-order valence-electron chi connectivity index (χ0n) is 16.7. The number of nitrogen functional groups attached to an aromatic ring is 1. The van der Waals surface area contributed by atoms with Crippen LogP contribution >= 0.6 is 0 Å². The number of rotatable bonds is 4. The van der Waals surface area contributed by atoms with E-state index >= 15 is 0 Å². The van der Waals surface area contributed by atoms with Crippen molar-refractivity contribution in [1.82, 2.24) is 15.2 Å². The van der Waals surface area contributed by atoms with Crippen LogP contribution in [0.5, 0.6) is 5.75 Å². The van der Waals surface area contributed by atoms with Gasteiger partial charge in [0.15, 0.2) is 5.82 Å². The van der Waals surface area contributed by atoms with E-state index in [0.717, 1.165) is 37.3 Å². The summed E-state index contributed by atoms with van der Waals surface area (Å²) in [6.45, 7) is 1.51. The third-order valence-corrected chi connectivity index (χ3v) is 6.07. The highest BCUT2D eigenvalue weighted by atomic mass is 16.4. The van der Waals surface area contributed by atoms with E-state index in [9.17, 15) is 9.90 Å². The first kappa shape index (κ1) is 19.1. The number of carboxylic acid groups (broad SMARTS) is 1. The lowest BCUT2D eigenvalue weighted by Gasteiger charge is -2.43. The first-order chi connectivity index (χ1) is 15.0. The fraction of sp³-hybridized carbons (Fsp3) is 0.273. The van der Waals surface area contributed by atoms with Crippen LogP contribution in [0.2, 0.25) is 0 Å². The predicted octanol–water partition coefficient (Wildman–Crippen LogP) is 2.38. The number of nitrogens with two attached hydrogens (primary N) is 1. The minimum atomic E-state index is -1.03. The number of fused-ring (bicyclic) bond motifs is 2. The summed E-state index contributed by atoms with van der Waals surface area (Å²) in [4.78, 5) is 19.7. The standard InChI is InChI=1S/C22H22N6O3/c23-21-19(9-18(25-26-21)16-3-1-2-4-20(16)29)27-11-14-5-6-15(12-27)28(14)13-7-8-17(22(30)31)24-10-13/h1-4,7-10,14-15,29H,5-6,11-12H2,(H2,23,26)(H,30,31)/t14-,15+. The Morgan fingerprint density at radius 2 is 1.81 bits per heavy atom. The molecule has 3 aromatic rings. The van der Waals surface area contributed by atoms with Crippen molar-refractivity contribution in [1.29, 1.82) is 0 Å². The van der Waals surface area contributed by atoms with Gasteiger partial charge in [0.05, 0.1) is 23.3 Å². The van der Waals surface area contributed by atoms with E-state index in [1.54, 1.807) is 30.5 Å². The number of hydrogen-bond acceptors (Lipinski definition) is 8. The minimum absolute atomic E-state index is 0.0436. The van der Waals surface area contributed by atoms with Crippen molar-refractivity contribution in [2.75, 3.05) is 28.6 Å². The van der Waals surface area contributed by atoms with Gasteiger partial charge in [-0.1, -0.05) is 12.1 Å². The minimum Gasteiger partial charge on any atom is -0.507 e. The highest BCUT2D eigenvalue weighted by Crippen LogP contribution is 2.38. The summed E-state index contributed by atoms with van der Waals surface area (Å²) in [5.74, 6) is -0.519.